The third kappa shape index (κ3) is 3.56. The SMILES string of the molecule is CCCOP(=O)(OCCC)On1nnc2ccccc21. The molecule has 0 atom stereocenters. The lowest BCUT2D eigenvalue weighted by Gasteiger charge is -2.16. The molecule has 1 aromatic heterocycles. The highest BCUT2D eigenvalue weighted by molar-refractivity contribution is 7.48. The summed E-state index contributed by atoms with van der Waals surface area (Å²) in [5, 5.41) is 7.73. The Morgan fingerprint density at radius 1 is 1.15 bits per heavy atom. The molecule has 1 aromatic carbocycles. The van der Waals surface area contributed by atoms with Crippen molar-refractivity contribution in [3.05, 3.63) is 24.3 Å². The zero-order valence-corrected chi connectivity index (χ0v) is 12.5. The zero-order valence-electron chi connectivity index (χ0n) is 11.6. The molecule has 2 aromatic rings. The molecule has 7 nitrogen and oxygen atoms in total. The van der Waals surface area contributed by atoms with E-state index in [4.69, 9.17) is 13.7 Å². The first kappa shape index (κ1) is 15.0. The number of rotatable bonds is 8. The summed E-state index contributed by atoms with van der Waals surface area (Å²) in [6.45, 7) is 4.39. The average molecular weight is 299 g/mol. The second-order valence-corrected chi connectivity index (χ2v) is 5.72. The van der Waals surface area contributed by atoms with Gasteiger partial charge in [0.2, 0.25) is 0 Å². The highest BCUT2D eigenvalue weighted by Crippen LogP contribution is 2.46. The maximum Gasteiger partial charge on any atom is 0.550 e. The number of para-hydroxylation sites is 1. The first-order valence-electron chi connectivity index (χ1n) is 6.58. The quantitative estimate of drug-likeness (QED) is 0.698. The van der Waals surface area contributed by atoms with Gasteiger partial charge in [-0.3, -0.25) is 13.7 Å². The average Bonchev–Trinajstić information content (AvgIpc) is 2.86. The third-order valence-electron chi connectivity index (χ3n) is 2.41. The summed E-state index contributed by atoms with van der Waals surface area (Å²) in [6, 6.07) is 7.20. The van der Waals surface area contributed by atoms with Gasteiger partial charge >= 0.3 is 7.82 Å². The molecule has 20 heavy (non-hydrogen) atoms. The summed E-state index contributed by atoms with van der Waals surface area (Å²) >= 11 is 0. The standard InChI is InChI=1S/C12H18N3O4P/c1-3-9-17-20(16,18-10-4-2)19-15-12-8-6-5-7-11(12)13-14-15/h5-8H,3-4,9-10H2,1-2H3. The van der Waals surface area contributed by atoms with E-state index in [0.717, 1.165) is 4.85 Å². The Morgan fingerprint density at radius 3 is 2.45 bits per heavy atom. The summed E-state index contributed by atoms with van der Waals surface area (Å²) in [4.78, 5) is 1.08. The number of benzene rings is 1. The van der Waals surface area contributed by atoms with Crippen LogP contribution in [0.5, 0.6) is 0 Å². The van der Waals surface area contributed by atoms with Gasteiger partial charge in [0.25, 0.3) is 0 Å². The van der Waals surface area contributed by atoms with Crippen molar-refractivity contribution in [3.8, 4) is 0 Å². The third-order valence-corrected chi connectivity index (χ3v) is 3.76. The molecule has 0 bridgehead atoms. The molecule has 0 saturated heterocycles. The van der Waals surface area contributed by atoms with E-state index in [1.165, 1.54) is 0 Å². The van der Waals surface area contributed by atoms with E-state index in [9.17, 15) is 4.57 Å². The van der Waals surface area contributed by atoms with Crippen LogP contribution in [0.3, 0.4) is 0 Å². The van der Waals surface area contributed by atoms with Crippen LogP contribution < -0.4 is 4.62 Å². The number of hydrogen-bond acceptors (Lipinski definition) is 6. The van der Waals surface area contributed by atoms with Crippen LogP contribution in [0.4, 0.5) is 0 Å². The topological polar surface area (TPSA) is 75.5 Å². The Bertz CT molecular complexity index is 589. The van der Waals surface area contributed by atoms with Gasteiger partial charge in [0.05, 0.1) is 13.2 Å². The second-order valence-electron chi connectivity index (χ2n) is 4.15. The van der Waals surface area contributed by atoms with Gasteiger partial charge in [-0.25, -0.2) is 4.57 Å². The van der Waals surface area contributed by atoms with E-state index in [1.807, 2.05) is 26.0 Å². The van der Waals surface area contributed by atoms with Crippen LogP contribution in [-0.4, -0.2) is 28.4 Å². The van der Waals surface area contributed by atoms with Gasteiger partial charge < -0.3 is 0 Å². The molecule has 0 radical (unpaired) electrons. The predicted molar refractivity (Wildman–Crippen MR) is 74.2 cm³/mol. The van der Waals surface area contributed by atoms with Crippen molar-refractivity contribution in [2.75, 3.05) is 13.2 Å². The number of fused-ring (bicyclic) bond motifs is 1. The van der Waals surface area contributed by atoms with E-state index in [-0.39, 0.29) is 13.2 Å². The number of aromatic nitrogens is 3. The Hall–Kier alpha value is -1.43. The molecule has 0 amide bonds. The van der Waals surface area contributed by atoms with E-state index < -0.39 is 7.82 Å². The Balaban J connectivity index is 2.20. The van der Waals surface area contributed by atoms with E-state index in [0.29, 0.717) is 23.9 Å². The first-order valence-corrected chi connectivity index (χ1v) is 8.04. The Labute approximate surface area is 117 Å². The van der Waals surface area contributed by atoms with Crippen molar-refractivity contribution in [3.63, 3.8) is 0 Å². The molecule has 0 unspecified atom stereocenters. The monoisotopic (exact) mass is 299 g/mol. The van der Waals surface area contributed by atoms with Crippen LogP contribution in [-0.2, 0) is 13.6 Å². The number of nitrogens with zero attached hydrogens (tertiary/aromatic N) is 3. The minimum atomic E-state index is -3.68. The summed E-state index contributed by atoms with van der Waals surface area (Å²) in [5.41, 5.74) is 1.25. The fourth-order valence-corrected chi connectivity index (χ4v) is 2.78. The molecule has 0 aliphatic heterocycles. The molecule has 2 rings (SSSR count). The molecule has 110 valence electrons. The van der Waals surface area contributed by atoms with Crippen LogP contribution in [0.2, 0.25) is 0 Å². The highest BCUT2D eigenvalue weighted by atomic mass is 31.2. The lowest BCUT2D eigenvalue weighted by atomic mass is 10.3. The van der Waals surface area contributed by atoms with E-state index >= 15 is 0 Å². The van der Waals surface area contributed by atoms with Crippen molar-refractivity contribution >= 4 is 18.9 Å². The lowest BCUT2D eigenvalue weighted by molar-refractivity contribution is 0.0943. The zero-order chi connectivity index (χ0) is 14.4. The minimum Gasteiger partial charge on any atom is -0.291 e. The maximum atomic E-state index is 12.5. The summed E-state index contributed by atoms with van der Waals surface area (Å²) in [5.74, 6) is 0. The molecular weight excluding hydrogens is 281 g/mol. The van der Waals surface area contributed by atoms with Gasteiger partial charge in [0.1, 0.15) is 11.0 Å². The molecular formula is C12H18N3O4P. The van der Waals surface area contributed by atoms with Crippen molar-refractivity contribution in [2.24, 2.45) is 0 Å². The van der Waals surface area contributed by atoms with Crippen molar-refractivity contribution in [1.82, 2.24) is 15.2 Å². The molecule has 0 aliphatic rings. The van der Waals surface area contributed by atoms with Crippen molar-refractivity contribution in [1.29, 1.82) is 0 Å². The van der Waals surface area contributed by atoms with Crippen LogP contribution in [0, 0.1) is 0 Å². The minimum absolute atomic E-state index is 0.285. The maximum absolute atomic E-state index is 12.5. The molecule has 8 heteroatoms. The summed E-state index contributed by atoms with van der Waals surface area (Å²) in [7, 11) is -3.68. The van der Waals surface area contributed by atoms with E-state index in [2.05, 4.69) is 10.3 Å². The smallest absolute Gasteiger partial charge is 0.291 e. The molecule has 0 N–H and O–H groups in total. The number of phosphoric ester groups is 1. The van der Waals surface area contributed by atoms with Crippen LogP contribution in [0.25, 0.3) is 11.0 Å². The van der Waals surface area contributed by atoms with Gasteiger partial charge in [-0.2, -0.15) is 0 Å². The molecule has 0 aliphatic carbocycles. The molecule has 0 fully saturated rings. The Kier molecular flexibility index (Phi) is 5.11. The summed E-state index contributed by atoms with van der Waals surface area (Å²) in [6.07, 6.45) is 1.42. The molecule has 0 saturated carbocycles. The second kappa shape index (κ2) is 6.83. The summed E-state index contributed by atoms with van der Waals surface area (Å²) < 4.78 is 28.3. The largest absolute Gasteiger partial charge is 0.550 e. The Morgan fingerprint density at radius 2 is 1.80 bits per heavy atom. The molecule has 1 heterocycles. The van der Waals surface area contributed by atoms with E-state index in [1.54, 1.807) is 12.1 Å². The van der Waals surface area contributed by atoms with Crippen LogP contribution in [0.1, 0.15) is 26.7 Å². The van der Waals surface area contributed by atoms with Gasteiger partial charge in [-0.15, -0.1) is 5.10 Å². The number of phosphoric acid groups is 1. The van der Waals surface area contributed by atoms with Gasteiger partial charge in [-0.1, -0.05) is 30.8 Å². The fraction of sp³-hybridized carbons (Fsp3) is 0.500. The predicted octanol–water partition coefficient (Wildman–Crippen LogP) is 2.82. The van der Waals surface area contributed by atoms with Gasteiger partial charge in [0.15, 0.2) is 0 Å². The van der Waals surface area contributed by atoms with Crippen LogP contribution >= 0.6 is 7.82 Å². The molecule has 0 spiro atoms. The van der Waals surface area contributed by atoms with Gasteiger partial charge in [-0.05, 0) is 30.2 Å². The fourth-order valence-electron chi connectivity index (χ4n) is 1.49. The number of hydrogen-bond donors (Lipinski definition) is 0. The van der Waals surface area contributed by atoms with Gasteiger partial charge in [0, 0.05) is 0 Å². The van der Waals surface area contributed by atoms with Crippen molar-refractivity contribution < 1.29 is 18.2 Å². The normalized spacial score (nSPS) is 11.9. The lowest BCUT2D eigenvalue weighted by Crippen LogP contribution is -2.15. The first-order chi connectivity index (χ1) is 9.68. The van der Waals surface area contributed by atoms with Crippen molar-refractivity contribution in [2.45, 2.75) is 26.7 Å². The van der Waals surface area contributed by atoms with Crippen LogP contribution in [0.15, 0.2) is 24.3 Å². The highest BCUT2D eigenvalue weighted by Gasteiger charge is 2.30.